The van der Waals surface area contributed by atoms with E-state index in [1.54, 1.807) is 0 Å². The van der Waals surface area contributed by atoms with E-state index in [-0.39, 0.29) is 6.04 Å². The molecule has 0 aliphatic carbocycles. The van der Waals surface area contributed by atoms with E-state index in [4.69, 9.17) is 8.94 Å². The van der Waals surface area contributed by atoms with Crippen LogP contribution in [0, 0.1) is 0 Å². The summed E-state index contributed by atoms with van der Waals surface area (Å²) in [5, 5.41) is 4.10. The van der Waals surface area contributed by atoms with E-state index in [9.17, 15) is 0 Å². The zero-order valence-corrected chi connectivity index (χ0v) is 12.0. The van der Waals surface area contributed by atoms with Crippen LogP contribution in [0.3, 0.4) is 0 Å². The summed E-state index contributed by atoms with van der Waals surface area (Å²) in [5.74, 6) is 3.20. The van der Waals surface area contributed by atoms with Gasteiger partial charge in [0.05, 0.1) is 18.8 Å². The van der Waals surface area contributed by atoms with Gasteiger partial charge in [0.2, 0.25) is 11.8 Å². The van der Waals surface area contributed by atoms with Gasteiger partial charge in [-0.25, -0.2) is 4.98 Å². The van der Waals surface area contributed by atoms with Gasteiger partial charge >= 0.3 is 0 Å². The average Bonchev–Trinajstić information content (AvgIpc) is 3.18. The lowest BCUT2D eigenvalue weighted by Gasteiger charge is -2.19. The lowest BCUT2D eigenvalue weighted by atomic mass is 10.2. The van der Waals surface area contributed by atoms with Crippen molar-refractivity contribution in [2.45, 2.75) is 52.1 Å². The van der Waals surface area contributed by atoms with Gasteiger partial charge < -0.3 is 8.94 Å². The quantitative estimate of drug-likeness (QED) is 0.836. The molecule has 0 N–H and O–H groups in total. The Morgan fingerprint density at radius 2 is 2.20 bits per heavy atom. The summed E-state index contributed by atoms with van der Waals surface area (Å²) in [6.45, 7) is 5.81. The van der Waals surface area contributed by atoms with Crippen molar-refractivity contribution >= 4 is 0 Å². The molecule has 1 aliphatic rings. The molecule has 6 heteroatoms. The molecular weight excluding hydrogens is 256 g/mol. The second-order valence-corrected chi connectivity index (χ2v) is 5.10. The summed E-state index contributed by atoms with van der Waals surface area (Å²) in [6.07, 6.45) is 5.66. The van der Waals surface area contributed by atoms with Gasteiger partial charge in [-0.05, 0) is 19.4 Å². The molecule has 1 aliphatic heterocycles. The molecule has 0 aromatic carbocycles. The second kappa shape index (κ2) is 5.75. The van der Waals surface area contributed by atoms with Crippen LogP contribution < -0.4 is 0 Å². The minimum atomic E-state index is 0.219. The summed E-state index contributed by atoms with van der Waals surface area (Å²) in [4.78, 5) is 11.1. The minimum Gasteiger partial charge on any atom is -0.444 e. The van der Waals surface area contributed by atoms with Crippen LogP contribution in [0.2, 0.25) is 0 Å². The predicted molar refractivity (Wildman–Crippen MR) is 71.9 cm³/mol. The van der Waals surface area contributed by atoms with Crippen molar-refractivity contribution < 1.29 is 8.94 Å². The van der Waals surface area contributed by atoms with Crippen LogP contribution in [0.4, 0.5) is 0 Å². The fourth-order valence-electron chi connectivity index (χ4n) is 2.61. The molecule has 2 aromatic heterocycles. The summed E-state index contributed by atoms with van der Waals surface area (Å²) >= 11 is 0. The number of oxazole rings is 1. The van der Waals surface area contributed by atoms with Gasteiger partial charge in [0.1, 0.15) is 5.76 Å². The van der Waals surface area contributed by atoms with Gasteiger partial charge in [0.25, 0.3) is 0 Å². The lowest BCUT2D eigenvalue weighted by molar-refractivity contribution is 0.210. The van der Waals surface area contributed by atoms with E-state index >= 15 is 0 Å². The van der Waals surface area contributed by atoms with Crippen molar-refractivity contribution in [3.05, 3.63) is 29.6 Å². The van der Waals surface area contributed by atoms with Crippen LogP contribution in [-0.2, 0) is 19.4 Å². The van der Waals surface area contributed by atoms with Gasteiger partial charge in [0.15, 0.2) is 5.82 Å². The van der Waals surface area contributed by atoms with Crippen molar-refractivity contribution in [2.75, 3.05) is 6.54 Å². The summed E-state index contributed by atoms with van der Waals surface area (Å²) in [6, 6.07) is 0.219. The Morgan fingerprint density at radius 1 is 1.30 bits per heavy atom. The van der Waals surface area contributed by atoms with Crippen LogP contribution in [0.25, 0.3) is 0 Å². The molecule has 0 spiro atoms. The maximum Gasteiger partial charge on any atom is 0.226 e. The van der Waals surface area contributed by atoms with E-state index < -0.39 is 0 Å². The largest absolute Gasteiger partial charge is 0.444 e. The van der Waals surface area contributed by atoms with Crippen LogP contribution in [-0.4, -0.2) is 26.6 Å². The summed E-state index contributed by atoms with van der Waals surface area (Å²) in [5.41, 5.74) is 0. The van der Waals surface area contributed by atoms with E-state index in [2.05, 4.69) is 26.9 Å². The van der Waals surface area contributed by atoms with Gasteiger partial charge in [-0.1, -0.05) is 19.0 Å². The lowest BCUT2D eigenvalue weighted by Crippen LogP contribution is -2.23. The Labute approximate surface area is 118 Å². The number of rotatable bonds is 5. The third-order valence-electron chi connectivity index (χ3n) is 3.74. The second-order valence-electron chi connectivity index (χ2n) is 5.10. The van der Waals surface area contributed by atoms with Crippen molar-refractivity contribution in [3.8, 4) is 0 Å². The molecule has 1 unspecified atom stereocenters. The normalized spacial score (nSPS) is 19.8. The highest BCUT2D eigenvalue weighted by atomic mass is 16.5. The molecule has 3 heterocycles. The highest BCUT2D eigenvalue weighted by Crippen LogP contribution is 2.31. The first-order chi connectivity index (χ1) is 9.80. The first kappa shape index (κ1) is 13.3. The van der Waals surface area contributed by atoms with E-state index in [0.29, 0.717) is 12.4 Å². The van der Waals surface area contributed by atoms with Crippen LogP contribution in [0.1, 0.15) is 56.1 Å². The zero-order chi connectivity index (χ0) is 13.9. The van der Waals surface area contributed by atoms with Crippen LogP contribution in [0.15, 0.2) is 15.1 Å². The number of aromatic nitrogens is 3. The number of likely N-dealkylation sites (tertiary alicyclic amines) is 1. The van der Waals surface area contributed by atoms with E-state index in [1.165, 1.54) is 0 Å². The minimum absolute atomic E-state index is 0.219. The van der Waals surface area contributed by atoms with Crippen molar-refractivity contribution in [1.29, 1.82) is 0 Å². The predicted octanol–water partition coefficient (Wildman–Crippen LogP) is 2.52. The molecule has 0 amide bonds. The Balaban J connectivity index is 1.71. The molecule has 0 radical (unpaired) electrons. The monoisotopic (exact) mass is 276 g/mol. The zero-order valence-electron chi connectivity index (χ0n) is 12.0. The number of hydrogen-bond donors (Lipinski definition) is 0. The first-order valence-corrected chi connectivity index (χ1v) is 7.30. The van der Waals surface area contributed by atoms with E-state index in [1.807, 2.05) is 13.1 Å². The highest BCUT2D eigenvalue weighted by molar-refractivity contribution is 5.00. The Morgan fingerprint density at radius 3 is 2.90 bits per heavy atom. The van der Waals surface area contributed by atoms with Gasteiger partial charge in [-0.3, -0.25) is 4.90 Å². The topological polar surface area (TPSA) is 68.2 Å². The third kappa shape index (κ3) is 2.60. The number of aryl methyl sites for hydroxylation is 2. The van der Waals surface area contributed by atoms with Crippen molar-refractivity contribution in [1.82, 2.24) is 20.0 Å². The fraction of sp³-hybridized carbons (Fsp3) is 0.643. The summed E-state index contributed by atoms with van der Waals surface area (Å²) in [7, 11) is 0. The molecule has 1 atom stereocenters. The Bertz CT molecular complexity index is 563. The Hall–Kier alpha value is -1.69. The third-order valence-corrected chi connectivity index (χ3v) is 3.74. The van der Waals surface area contributed by atoms with E-state index in [0.717, 1.165) is 49.7 Å². The fourth-order valence-corrected chi connectivity index (χ4v) is 2.61. The maximum absolute atomic E-state index is 5.69. The number of nitrogens with zero attached hydrogens (tertiary/aromatic N) is 4. The van der Waals surface area contributed by atoms with Crippen molar-refractivity contribution in [2.24, 2.45) is 0 Å². The van der Waals surface area contributed by atoms with Crippen molar-refractivity contribution in [3.63, 3.8) is 0 Å². The molecule has 0 saturated carbocycles. The molecular formula is C14H20N4O2. The first-order valence-electron chi connectivity index (χ1n) is 7.30. The average molecular weight is 276 g/mol. The molecule has 3 rings (SSSR count). The standard InChI is InChI=1S/C14H20N4O2/c1-3-10-8-15-13(19-10)9-18-7-5-6-11(18)14-16-12(4-2)20-17-14/h8,11H,3-7,9H2,1-2H3. The maximum atomic E-state index is 5.69. The molecule has 1 saturated heterocycles. The molecule has 1 fully saturated rings. The SMILES string of the molecule is CCc1cnc(CN2CCCC2c2noc(CC)n2)o1. The smallest absolute Gasteiger partial charge is 0.226 e. The number of hydrogen-bond acceptors (Lipinski definition) is 6. The highest BCUT2D eigenvalue weighted by Gasteiger charge is 2.30. The molecule has 20 heavy (non-hydrogen) atoms. The molecule has 0 bridgehead atoms. The molecule has 6 nitrogen and oxygen atoms in total. The Kier molecular flexibility index (Phi) is 3.82. The van der Waals surface area contributed by atoms with Gasteiger partial charge in [-0.15, -0.1) is 0 Å². The van der Waals surface area contributed by atoms with Crippen LogP contribution in [0.5, 0.6) is 0 Å². The van der Waals surface area contributed by atoms with Gasteiger partial charge in [0, 0.05) is 12.8 Å². The molecule has 108 valence electrons. The molecule has 2 aromatic rings. The summed E-state index contributed by atoms with van der Waals surface area (Å²) < 4.78 is 10.9. The van der Waals surface area contributed by atoms with Gasteiger partial charge in [-0.2, -0.15) is 4.98 Å². The van der Waals surface area contributed by atoms with Crippen LogP contribution >= 0.6 is 0 Å².